The quantitative estimate of drug-likeness (QED) is 0.382. The fourth-order valence-corrected chi connectivity index (χ4v) is 6.32. The van der Waals surface area contributed by atoms with Crippen molar-refractivity contribution in [3.63, 3.8) is 0 Å². The van der Waals surface area contributed by atoms with Crippen LogP contribution in [0.1, 0.15) is 9.80 Å². The van der Waals surface area contributed by atoms with Gasteiger partial charge in [0.1, 0.15) is 0 Å². The van der Waals surface area contributed by atoms with E-state index < -0.39 is 10.0 Å². The molecule has 0 saturated carbocycles. The first-order valence-electron chi connectivity index (χ1n) is 10.3. The van der Waals surface area contributed by atoms with E-state index in [2.05, 4.69) is 9.97 Å². The van der Waals surface area contributed by atoms with Crippen molar-refractivity contribution in [3.8, 4) is 10.4 Å². The molecule has 1 aliphatic rings. The van der Waals surface area contributed by atoms with Gasteiger partial charge in [-0.1, -0.05) is 23.7 Å². The molecular formula is C23H20Cl2N4O3S2. The molecule has 176 valence electrons. The van der Waals surface area contributed by atoms with Gasteiger partial charge in [0, 0.05) is 49.8 Å². The molecule has 0 radical (unpaired) electrons. The van der Waals surface area contributed by atoms with E-state index in [1.807, 2.05) is 18.2 Å². The molecule has 0 N–H and O–H groups in total. The highest BCUT2D eigenvalue weighted by Gasteiger charge is 2.31. The number of sulfonamides is 1. The summed E-state index contributed by atoms with van der Waals surface area (Å²) in [6.07, 6.45) is 5.07. The number of thiazole rings is 1. The molecule has 11 heteroatoms. The number of pyridine rings is 1. The van der Waals surface area contributed by atoms with Crippen LogP contribution in [0.4, 0.5) is 0 Å². The van der Waals surface area contributed by atoms with Crippen molar-refractivity contribution in [2.24, 2.45) is 0 Å². The molecule has 34 heavy (non-hydrogen) atoms. The third-order valence-electron chi connectivity index (χ3n) is 5.59. The van der Waals surface area contributed by atoms with Gasteiger partial charge in [0.2, 0.25) is 10.0 Å². The van der Waals surface area contributed by atoms with Gasteiger partial charge in [-0.15, -0.1) is 23.7 Å². The first-order valence-corrected chi connectivity index (χ1v) is 12.9. The van der Waals surface area contributed by atoms with Crippen LogP contribution < -0.4 is 0 Å². The third kappa shape index (κ3) is 4.80. The molecule has 3 heterocycles. The van der Waals surface area contributed by atoms with Crippen LogP contribution in [0.3, 0.4) is 0 Å². The van der Waals surface area contributed by atoms with Crippen molar-refractivity contribution in [3.05, 3.63) is 77.2 Å². The van der Waals surface area contributed by atoms with E-state index in [1.54, 1.807) is 53.8 Å². The van der Waals surface area contributed by atoms with Gasteiger partial charge in [-0.05, 0) is 52.7 Å². The fourth-order valence-electron chi connectivity index (χ4n) is 3.79. The average Bonchev–Trinajstić information content (AvgIpc) is 3.34. The second-order valence-electron chi connectivity index (χ2n) is 7.62. The summed E-state index contributed by atoms with van der Waals surface area (Å²) in [6.45, 7) is 1.08. The number of halogens is 2. The van der Waals surface area contributed by atoms with E-state index in [4.69, 9.17) is 11.6 Å². The van der Waals surface area contributed by atoms with Gasteiger partial charge in [-0.2, -0.15) is 4.31 Å². The molecular weight excluding hydrogens is 515 g/mol. The van der Waals surface area contributed by atoms with Crippen LogP contribution in [-0.4, -0.2) is 59.7 Å². The molecule has 0 spiro atoms. The molecule has 0 atom stereocenters. The van der Waals surface area contributed by atoms with E-state index in [1.165, 1.54) is 15.6 Å². The number of hydrogen-bond donors (Lipinski definition) is 0. The lowest BCUT2D eigenvalue weighted by molar-refractivity contribution is 0.0697. The Bertz CT molecular complexity index is 1440. The average molecular weight is 535 g/mol. The maximum Gasteiger partial charge on any atom is 0.282 e. The summed E-state index contributed by atoms with van der Waals surface area (Å²) in [5, 5.41) is 2.69. The highest BCUT2D eigenvalue weighted by atomic mass is 35.5. The predicted molar refractivity (Wildman–Crippen MR) is 136 cm³/mol. The van der Waals surface area contributed by atoms with Gasteiger partial charge in [0.15, 0.2) is 5.01 Å². The lowest BCUT2D eigenvalue weighted by Gasteiger charge is -2.33. The molecule has 7 nitrogen and oxygen atoms in total. The molecule has 1 fully saturated rings. The number of aromatic nitrogens is 2. The Morgan fingerprint density at radius 1 is 0.941 bits per heavy atom. The number of hydrogen-bond acceptors (Lipinski definition) is 6. The number of fused-ring (bicyclic) bond motifs is 1. The van der Waals surface area contributed by atoms with Crippen molar-refractivity contribution >= 4 is 62.0 Å². The van der Waals surface area contributed by atoms with Crippen LogP contribution in [0.25, 0.3) is 21.2 Å². The zero-order chi connectivity index (χ0) is 23.0. The maximum absolute atomic E-state index is 13.2. The second kappa shape index (κ2) is 9.97. The largest absolute Gasteiger partial charge is 0.334 e. The topological polar surface area (TPSA) is 83.5 Å². The molecule has 4 aromatic rings. The zero-order valence-electron chi connectivity index (χ0n) is 17.8. The van der Waals surface area contributed by atoms with E-state index in [9.17, 15) is 13.2 Å². The number of rotatable bonds is 4. The second-order valence-corrected chi connectivity index (χ2v) is 11.0. The zero-order valence-corrected chi connectivity index (χ0v) is 21.0. The Kier molecular flexibility index (Phi) is 7.20. The molecule has 1 amide bonds. The first-order chi connectivity index (χ1) is 15.9. The minimum absolute atomic E-state index is 0. The highest BCUT2D eigenvalue weighted by Crippen LogP contribution is 2.28. The van der Waals surface area contributed by atoms with Crippen LogP contribution in [0.15, 0.2) is 72.0 Å². The van der Waals surface area contributed by atoms with Crippen LogP contribution in [-0.2, 0) is 10.0 Å². The maximum atomic E-state index is 13.2. The Balaban J connectivity index is 0.00000274. The smallest absolute Gasteiger partial charge is 0.282 e. The number of carbonyl (C=O) groups excluding carboxylic acids is 1. The van der Waals surface area contributed by atoms with E-state index in [0.29, 0.717) is 23.1 Å². The van der Waals surface area contributed by atoms with E-state index in [0.717, 1.165) is 21.2 Å². The van der Waals surface area contributed by atoms with Crippen LogP contribution in [0.2, 0.25) is 5.02 Å². The number of amides is 1. The summed E-state index contributed by atoms with van der Waals surface area (Å²) < 4.78 is 27.8. The predicted octanol–water partition coefficient (Wildman–Crippen LogP) is 4.58. The first kappa shape index (κ1) is 24.6. The summed E-state index contributed by atoms with van der Waals surface area (Å²) in [5.74, 6) is -0.181. The van der Waals surface area contributed by atoms with Gasteiger partial charge in [0.05, 0.1) is 9.77 Å². The molecule has 2 aromatic heterocycles. The van der Waals surface area contributed by atoms with Gasteiger partial charge in [-0.3, -0.25) is 9.78 Å². The molecule has 0 unspecified atom stereocenters. The van der Waals surface area contributed by atoms with Crippen molar-refractivity contribution < 1.29 is 13.2 Å². The SMILES string of the molecule is Cl.O=C(c1ncc(-c2ccncc2)s1)N1CCN(S(=O)(=O)c2ccc3cc(Cl)ccc3c2)CC1. The highest BCUT2D eigenvalue weighted by molar-refractivity contribution is 7.89. The third-order valence-corrected chi connectivity index (χ3v) is 8.75. The normalized spacial score (nSPS) is 14.7. The van der Waals surface area contributed by atoms with Gasteiger partial charge in [0.25, 0.3) is 5.91 Å². The molecule has 0 aliphatic carbocycles. The van der Waals surface area contributed by atoms with E-state index in [-0.39, 0.29) is 36.3 Å². The Morgan fingerprint density at radius 3 is 2.35 bits per heavy atom. The van der Waals surface area contributed by atoms with Crippen molar-refractivity contribution in [2.75, 3.05) is 26.2 Å². The van der Waals surface area contributed by atoms with Crippen LogP contribution in [0, 0.1) is 0 Å². The van der Waals surface area contributed by atoms with Crippen LogP contribution in [0.5, 0.6) is 0 Å². The molecule has 1 saturated heterocycles. The molecule has 2 aromatic carbocycles. The van der Waals surface area contributed by atoms with Gasteiger partial charge < -0.3 is 4.90 Å². The summed E-state index contributed by atoms with van der Waals surface area (Å²) >= 11 is 7.34. The standard InChI is InChI=1S/C23H19ClN4O3S2.ClH/c24-19-3-1-18-14-20(4-2-17(18)13-19)33(30,31)28-11-9-27(10-12-28)23(29)22-26-15-21(32-22)16-5-7-25-8-6-16;/h1-8,13-15H,9-12H2;1H. The number of nitrogens with zero attached hydrogens (tertiary/aromatic N) is 4. The summed E-state index contributed by atoms with van der Waals surface area (Å²) in [4.78, 5) is 24.0. The molecule has 1 aliphatic heterocycles. The van der Waals surface area contributed by atoms with Crippen LogP contribution >= 0.6 is 35.3 Å². The van der Waals surface area contributed by atoms with Crippen molar-refractivity contribution in [2.45, 2.75) is 4.90 Å². The fraction of sp³-hybridized carbons (Fsp3) is 0.174. The van der Waals surface area contributed by atoms with Crippen molar-refractivity contribution in [1.29, 1.82) is 0 Å². The monoisotopic (exact) mass is 534 g/mol. The minimum Gasteiger partial charge on any atom is -0.334 e. The molecule has 0 bridgehead atoms. The lowest BCUT2D eigenvalue weighted by Crippen LogP contribution is -2.50. The lowest BCUT2D eigenvalue weighted by atomic mass is 10.1. The van der Waals surface area contributed by atoms with Gasteiger partial charge >= 0.3 is 0 Å². The summed E-state index contributed by atoms with van der Waals surface area (Å²) in [7, 11) is -3.67. The van der Waals surface area contributed by atoms with Gasteiger partial charge in [-0.25, -0.2) is 13.4 Å². The number of carbonyl (C=O) groups is 1. The minimum atomic E-state index is -3.67. The summed E-state index contributed by atoms with van der Waals surface area (Å²) in [6, 6.07) is 14.1. The Hall–Kier alpha value is -2.56. The van der Waals surface area contributed by atoms with Crippen molar-refractivity contribution in [1.82, 2.24) is 19.2 Å². The Morgan fingerprint density at radius 2 is 1.62 bits per heavy atom. The van der Waals surface area contributed by atoms with E-state index >= 15 is 0 Å². The number of piperazine rings is 1. The number of benzene rings is 2. The Labute approximate surface area is 212 Å². The molecule has 5 rings (SSSR count). The summed E-state index contributed by atoms with van der Waals surface area (Å²) in [5.41, 5.74) is 0.954.